The Balaban J connectivity index is 0.00000312. The van der Waals surface area contributed by atoms with Gasteiger partial charge < -0.3 is 10.6 Å². The average molecular weight is 498 g/mol. The van der Waals surface area contributed by atoms with Crippen molar-refractivity contribution in [1.29, 1.82) is 0 Å². The SMILES string of the molecule is CCNC(=NCC1CC1)NCC1CCN(S(=O)(=O)C(F)(F)F)CC1.I. The maximum atomic E-state index is 12.5. The highest BCUT2D eigenvalue weighted by Gasteiger charge is 2.50. The van der Waals surface area contributed by atoms with Crippen LogP contribution in [0.15, 0.2) is 4.99 Å². The number of aliphatic imine (C=N–C) groups is 1. The van der Waals surface area contributed by atoms with Crippen molar-refractivity contribution in [3.05, 3.63) is 0 Å². The van der Waals surface area contributed by atoms with E-state index in [1.54, 1.807) is 0 Å². The highest BCUT2D eigenvalue weighted by Crippen LogP contribution is 2.30. The summed E-state index contributed by atoms with van der Waals surface area (Å²) < 4.78 is 60.9. The first-order chi connectivity index (χ1) is 11.2. The molecule has 1 aliphatic carbocycles. The van der Waals surface area contributed by atoms with Crippen LogP contribution in [-0.2, 0) is 10.0 Å². The number of nitrogens with one attached hydrogen (secondary N) is 2. The van der Waals surface area contributed by atoms with E-state index >= 15 is 0 Å². The molecule has 2 fully saturated rings. The fraction of sp³-hybridized carbons (Fsp3) is 0.929. The van der Waals surface area contributed by atoms with E-state index in [-0.39, 0.29) is 43.0 Å². The molecule has 1 heterocycles. The molecule has 6 nitrogen and oxygen atoms in total. The third-order valence-electron chi connectivity index (χ3n) is 4.31. The van der Waals surface area contributed by atoms with Crippen LogP contribution in [0.3, 0.4) is 0 Å². The van der Waals surface area contributed by atoms with Gasteiger partial charge in [0.05, 0.1) is 0 Å². The van der Waals surface area contributed by atoms with Gasteiger partial charge in [0.1, 0.15) is 0 Å². The second-order valence-corrected chi connectivity index (χ2v) is 8.27. The Bertz CT molecular complexity index is 545. The van der Waals surface area contributed by atoms with E-state index in [1.807, 2.05) is 6.92 Å². The van der Waals surface area contributed by atoms with Crippen LogP contribution in [0.2, 0.25) is 0 Å². The number of guanidine groups is 1. The predicted molar refractivity (Wildman–Crippen MR) is 101 cm³/mol. The summed E-state index contributed by atoms with van der Waals surface area (Å²) in [5.41, 5.74) is -5.22. The Hall–Kier alpha value is -0.300. The molecule has 11 heteroatoms. The van der Waals surface area contributed by atoms with Crippen molar-refractivity contribution in [3.63, 3.8) is 0 Å². The van der Waals surface area contributed by atoms with Gasteiger partial charge in [-0.3, -0.25) is 4.99 Å². The molecule has 0 aromatic rings. The third kappa shape index (κ3) is 6.74. The minimum absolute atomic E-state index is 0. The summed E-state index contributed by atoms with van der Waals surface area (Å²) in [6, 6.07) is 0. The number of piperidine rings is 1. The Labute approximate surface area is 164 Å². The zero-order valence-corrected chi connectivity index (χ0v) is 17.3. The molecule has 0 unspecified atom stereocenters. The van der Waals surface area contributed by atoms with Crippen LogP contribution < -0.4 is 10.6 Å². The second-order valence-electron chi connectivity index (χ2n) is 6.34. The number of sulfonamides is 1. The van der Waals surface area contributed by atoms with Crippen LogP contribution in [0, 0.1) is 11.8 Å². The summed E-state index contributed by atoms with van der Waals surface area (Å²) in [4.78, 5) is 4.49. The Kier molecular flexibility index (Phi) is 8.72. The molecule has 25 heavy (non-hydrogen) atoms. The normalized spacial score (nSPS) is 20.9. The van der Waals surface area contributed by atoms with E-state index in [4.69, 9.17) is 0 Å². The molecule has 148 valence electrons. The molecule has 0 spiro atoms. The van der Waals surface area contributed by atoms with E-state index in [9.17, 15) is 21.6 Å². The highest BCUT2D eigenvalue weighted by atomic mass is 127. The van der Waals surface area contributed by atoms with Crippen molar-refractivity contribution < 1.29 is 21.6 Å². The smallest absolute Gasteiger partial charge is 0.357 e. The van der Waals surface area contributed by atoms with Gasteiger partial charge in [-0.2, -0.15) is 17.5 Å². The first-order valence-electron chi connectivity index (χ1n) is 8.32. The van der Waals surface area contributed by atoms with Crippen LogP contribution in [-0.4, -0.2) is 56.9 Å². The van der Waals surface area contributed by atoms with Gasteiger partial charge in [0, 0.05) is 32.7 Å². The van der Waals surface area contributed by atoms with Crippen molar-refractivity contribution in [1.82, 2.24) is 14.9 Å². The van der Waals surface area contributed by atoms with Gasteiger partial charge in [0.15, 0.2) is 5.96 Å². The molecular weight excluding hydrogens is 472 g/mol. The first kappa shape index (κ1) is 22.7. The first-order valence-corrected chi connectivity index (χ1v) is 9.76. The number of alkyl halides is 3. The monoisotopic (exact) mass is 498 g/mol. The molecule has 2 N–H and O–H groups in total. The minimum Gasteiger partial charge on any atom is -0.357 e. The van der Waals surface area contributed by atoms with Gasteiger partial charge in [-0.1, -0.05) is 0 Å². The summed E-state index contributed by atoms with van der Waals surface area (Å²) in [6.45, 7) is 3.88. The molecule has 0 atom stereocenters. The van der Waals surface area contributed by atoms with Gasteiger partial charge in [-0.25, -0.2) is 8.42 Å². The fourth-order valence-corrected chi connectivity index (χ4v) is 3.59. The molecule has 2 rings (SSSR count). The molecule has 0 amide bonds. The van der Waals surface area contributed by atoms with E-state index < -0.39 is 15.5 Å². The van der Waals surface area contributed by atoms with Crippen molar-refractivity contribution in [2.24, 2.45) is 16.8 Å². The van der Waals surface area contributed by atoms with Crippen LogP contribution in [0.5, 0.6) is 0 Å². The maximum absolute atomic E-state index is 12.5. The van der Waals surface area contributed by atoms with Crippen LogP contribution in [0.25, 0.3) is 0 Å². The number of hydrogen-bond acceptors (Lipinski definition) is 3. The lowest BCUT2D eigenvalue weighted by atomic mass is 9.98. The molecule has 0 radical (unpaired) electrons. The summed E-state index contributed by atoms with van der Waals surface area (Å²) in [6.07, 6.45) is 3.25. The van der Waals surface area contributed by atoms with E-state index in [0.717, 1.165) is 19.0 Å². The zero-order valence-electron chi connectivity index (χ0n) is 14.2. The molecule has 1 aliphatic heterocycles. The molecule has 0 aromatic carbocycles. The second kappa shape index (κ2) is 9.58. The Morgan fingerprint density at radius 1 is 1.12 bits per heavy atom. The zero-order chi connectivity index (χ0) is 17.8. The lowest BCUT2D eigenvalue weighted by Gasteiger charge is -2.31. The van der Waals surface area contributed by atoms with Gasteiger partial charge >= 0.3 is 15.5 Å². The maximum Gasteiger partial charge on any atom is 0.511 e. The highest BCUT2D eigenvalue weighted by molar-refractivity contribution is 14.0. The largest absolute Gasteiger partial charge is 0.511 e. The lowest BCUT2D eigenvalue weighted by molar-refractivity contribution is -0.0496. The lowest BCUT2D eigenvalue weighted by Crippen LogP contribution is -2.47. The summed E-state index contributed by atoms with van der Waals surface area (Å²) in [5, 5.41) is 6.35. The summed E-state index contributed by atoms with van der Waals surface area (Å²) >= 11 is 0. The van der Waals surface area contributed by atoms with Gasteiger partial charge in [0.2, 0.25) is 0 Å². The Morgan fingerprint density at radius 3 is 2.20 bits per heavy atom. The van der Waals surface area contributed by atoms with Gasteiger partial charge in [0.25, 0.3) is 0 Å². The van der Waals surface area contributed by atoms with Crippen LogP contribution in [0.4, 0.5) is 13.2 Å². The molecule has 0 aromatic heterocycles. The quantitative estimate of drug-likeness (QED) is 0.335. The van der Waals surface area contributed by atoms with Crippen molar-refractivity contribution in [2.45, 2.75) is 38.1 Å². The number of nitrogens with zero attached hydrogens (tertiary/aromatic N) is 2. The molecule has 1 saturated heterocycles. The van der Waals surface area contributed by atoms with Crippen LogP contribution in [0.1, 0.15) is 32.6 Å². The molecular formula is C14H26F3IN4O2S. The fourth-order valence-electron chi connectivity index (χ4n) is 2.60. The topological polar surface area (TPSA) is 73.8 Å². The molecule has 2 aliphatic rings. The summed E-state index contributed by atoms with van der Waals surface area (Å²) in [5.74, 6) is 1.53. The number of rotatable bonds is 6. The van der Waals surface area contributed by atoms with Gasteiger partial charge in [-0.15, -0.1) is 24.0 Å². The minimum atomic E-state index is -5.22. The standard InChI is InChI=1S/C14H25F3N4O2S.HI/c1-2-18-13(19-9-11-3-4-11)20-10-12-5-7-21(8-6-12)24(22,23)14(15,16)17;/h11-12H,2-10H2,1H3,(H2,18,19,20);1H. The van der Waals surface area contributed by atoms with Crippen molar-refractivity contribution in [3.8, 4) is 0 Å². The predicted octanol–water partition coefficient (Wildman–Crippen LogP) is 2.13. The van der Waals surface area contributed by atoms with E-state index in [2.05, 4.69) is 15.6 Å². The van der Waals surface area contributed by atoms with E-state index in [0.29, 0.717) is 29.6 Å². The van der Waals surface area contributed by atoms with E-state index in [1.165, 1.54) is 12.8 Å². The molecule has 1 saturated carbocycles. The third-order valence-corrected chi connectivity index (χ3v) is 5.94. The summed E-state index contributed by atoms with van der Waals surface area (Å²) in [7, 11) is -5.20. The number of halogens is 4. The van der Waals surface area contributed by atoms with Crippen molar-refractivity contribution >= 4 is 40.0 Å². The van der Waals surface area contributed by atoms with Crippen LogP contribution >= 0.6 is 24.0 Å². The molecule has 0 bridgehead atoms. The van der Waals surface area contributed by atoms with Crippen molar-refractivity contribution in [2.75, 3.05) is 32.7 Å². The average Bonchev–Trinajstić information content (AvgIpc) is 3.33. The van der Waals surface area contributed by atoms with Gasteiger partial charge in [-0.05, 0) is 44.4 Å². The Morgan fingerprint density at radius 2 is 1.72 bits per heavy atom. The number of hydrogen-bond donors (Lipinski definition) is 2.